The van der Waals surface area contributed by atoms with Crippen LogP contribution in [0.3, 0.4) is 0 Å². The number of guanidine groups is 1. The van der Waals surface area contributed by atoms with Gasteiger partial charge in [-0.15, -0.1) is 0 Å². The van der Waals surface area contributed by atoms with Crippen LogP contribution in [0.5, 0.6) is 11.5 Å². The molecule has 0 bridgehead atoms. The van der Waals surface area contributed by atoms with Crippen LogP contribution in [0.4, 0.5) is 0 Å². The SMILES string of the molecule is CN1C(N)=NCC1(C)c1cc(O)cc(O)c1. The standard InChI is InChI=1S/C11H15N3O2/c1-11(6-13-10(12)14(11)2)7-3-8(15)5-9(16)4-7/h3-5,15-16H,6H2,1-2H3,(H2,12,13). The molecule has 5 nitrogen and oxygen atoms in total. The second-order valence-corrected chi connectivity index (χ2v) is 4.25. The Morgan fingerprint density at radius 3 is 2.31 bits per heavy atom. The fraction of sp³-hybridized carbons (Fsp3) is 0.364. The van der Waals surface area contributed by atoms with Crippen molar-refractivity contribution in [2.75, 3.05) is 13.6 Å². The van der Waals surface area contributed by atoms with E-state index in [1.165, 1.54) is 6.07 Å². The Morgan fingerprint density at radius 2 is 1.88 bits per heavy atom. The number of phenols is 2. The van der Waals surface area contributed by atoms with Crippen LogP contribution in [-0.2, 0) is 5.54 Å². The molecular formula is C11H15N3O2. The van der Waals surface area contributed by atoms with E-state index in [1.54, 1.807) is 12.1 Å². The van der Waals surface area contributed by atoms with Crippen LogP contribution >= 0.6 is 0 Å². The summed E-state index contributed by atoms with van der Waals surface area (Å²) >= 11 is 0. The summed E-state index contributed by atoms with van der Waals surface area (Å²) < 4.78 is 0. The minimum Gasteiger partial charge on any atom is -0.508 e. The molecule has 1 aromatic rings. The van der Waals surface area contributed by atoms with E-state index in [0.717, 1.165) is 5.56 Å². The number of benzene rings is 1. The minimum absolute atomic E-state index is 0.0371. The number of nitrogens with two attached hydrogens (primary N) is 1. The molecule has 86 valence electrons. The largest absolute Gasteiger partial charge is 0.508 e. The average Bonchev–Trinajstić information content (AvgIpc) is 2.46. The molecular weight excluding hydrogens is 206 g/mol. The lowest BCUT2D eigenvalue weighted by Crippen LogP contribution is -2.44. The average molecular weight is 221 g/mol. The van der Waals surface area contributed by atoms with Crippen molar-refractivity contribution in [3.8, 4) is 11.5 Å². The predicted octanol–water partition coefficient (Wildman–Crippen LogP) is 0.573. The number of hydrogen-bond acceptors (Lipinski definition) is 5. The third-order valence-electron chi connectivity index (χ3n) is 3.16. The normalized spacial score (nSPS) is 24.6. The number of nitrogens with zero attached hydrogens (tertiary/aromatic N) is 2. The molecule has 1 aliphatic rings. The van der Waals surface area contributed by atoms with Gasteiger partial charge in [0, 0.05) is 13.1 Å². The third kappa shape index (κ3) is 1.44. The molecule has 0 radical (unpaired) electrons. The van der Waals surface area contributed by atoms with Gasteiger partial charge in [0.25, 0.3) is 0 Å². The summed E-state index contributed by atoms with van der Waals surface area (Å²) in [6.07, 6.45) is 0. The first kappa shape index (κ1) is 10.6. The molecule has 5 heteroatoms. The number of hydrogen-bond donors (Lipinski definition) is 3. The molecule has 1 aromatic carbocycles. The van der Waals surface area contributed by atoms with Crippen LogP contribution < -0.4 is 5.73 Å². The summed E-state index contributed by atoms with van der Waals surface area (Å²) in [6, 6.07) is 4.53. The van der Waals surface area contributed by atoms with Gasteiger partial charge in [-0.3, -0.25) is 4.99 Å². The molecule has 0 amide bonds. The van der Waals surface area contributed by atoms with Crippen molar-refractivity contribution in [2.24, 2.45) is 10.7 Å². The van der Waals surface area contributed by atoms with Gasteiger partial charge in [-0.25, -0.2) is 0 Å². The smallest absolute Gasteiger partial charge is 0.191 e. The first-order valence-corrected chi connectivity index (χ1v) is 5.01. The zero-order valence-electron chi connectivity index (χ0n) is 9.31. The van der Waals surface area contributed by atoms with Crippen molar-refractivity contribution in [1.29, 1.82) is 0 Å². The maximum atomic E-state index is 9.47. The third-order valence-corrected chi connectivity index (χ3v) is 3.16. The molecule has 1 unspecified atom stereocenters. The molecule has 0 saturated carbocycles. The van der Waals surface area contributed by atoms with E-state index in [1.807, 2.05) is 18.9 Å². The molecule has 0 aromatic heterocycles. The molecule has 0 saturated heterocycles. The highest BCUT2D eigenvalue weighted by Crippen LogP contribution is 2.35. The molecule has 0 fully saturated rings. The zero-order chi connectivity index (χ0) is 11.9. The molecule has 0 spiro atoms. The number of phenolic OH excluding ortho intramolecular Hbond substituents is 2. The van der Waals surface area contributed by atoms with Crippen LogP contribution in [0.15, 0.2) is 23.2 Å². The summed E-state index contributed by atoms with van der Waals surface area (Å²) in [5, 5.41) is 18.9. The molecule has 4 N–H and O–H groups in total. The van der Waals surface area contributed by atoms with Crippen molar-refractivity contribution in [3.63, 3.8) is 0 Å². The maximum Gasteiger partial charge on any atom is 0.191 e. The van der Waals surface area contributed by atoms with E-state index in [-0.39, 0.29) is 11.5 Å². The maximum absolute atomic E-state index is 9.47. The van der Waals surface area contributed by atoms with Gasteiger partial charge in [-0.1, -0.05) is 0 Å². The second kappa shape index (κ2) is 3.30. The molecule has 2 rings (SSSR count). The zero-order valence-corrected chi connectivity index (χ0v) is 9.31. The van der Waals surface area contributed by atoms with E-state index >= 15 is 0 Å². The van der Waals surface area contributed by atoms with Gasteiger partial charge in [0.1, 0.15) is 11.5 Å². The monoisotopic (exact) mass is 221 g/mol. The lowest BCUT2D eigenvalue weighted by atomic mass is 9.91. The molecule has 0 aliphatic carbocycles. The van der Waals surface area contributed by atoms with Gasteiger partial charge in [0.2, 0.25) is 0 Å². The number of aliphatic imine (C=N–C) groups is 1. The predicted molar refractivity (Wildman–Crippen MR) is 61.4 cm³/mol. The van der Waals surface area contributed by atoms with E-state index in [4.69, 9.17) is 5.73 Å². The van der Waals surface area contributed by atoms with E-state index in [2.05, 4.69) is 4.99 Å². The quantitative estimate of drug-likeness (QED) is 0.647. The van der Waals surface area contributed by atoms with E-state index in [0.29, 0.717) is 12.5 Å². The highest BCUT2D eigenvalue weighted by molar-refractivity contribution is 5.81. The van der Waals surface area contributed by atoms with Crippen molar-refractivity contribution < 1.29 is 10.2 Å². The van der Waals surface area contributed by atoms with Crippen LogP contribution in [0, 0.1) is 0 Å². The summed E-state index contributed by atoms with van der Waals surface area (Å²) in [6.45, 7) is 2.48. The lowest BCUT2D eigenvalue weighted by Gasteiger charge is -2.33. The van der Waals surface area contributed by atoms with Gasteiger partial charge in [-0.2, -0.15) is 0 Å². The summed E-state index contributed by atoms with van der Waals surface area (Å²) in [5.41, 5.74) is 6.09. The first-order valence-electron chi connectivity index (χ1n) is 5.01. The van der Waals surface area contributed by atoms with Gasteiger partial charge in [0.05, 0.1) is 12.1 Å². The Labute approximate surface area is 93.8 Å². The van der Waals surface area contributed by atoms with Gasteiger partial charge in [0.15, 0.2) is 5.96 Å². The van der Waals surface area contributed by atoms with E-state index in [9.17, 15) is 10.2 Å². The minimum atomic E-state index is -0.416. The summed E-state index contributed by atoms with van der Waals surface area (Å²) in [5.74, 6) is 0.538. The Kier molecular flexibility index (Phi) is 2.18. The Hall–Kier alpha value is -1.91. The number of likely N-dealkylation sites (N-methyl/N-ethyl adjacent to an activating group) is 1. The molecule has 1 heterocycles. The van der Waals surface area contributed by atoms with Crippen molar-refractivity contribution in [1.82, 2.24) is 4.90 Å². The number of rotatable bonds is 1. The molecule has 16 heavy (non-hydrogen) atoms. The first-order chi connectivity index (χ1) is 7.43. The van der Waals surface area contributed by atoms with Gasteiger partial charge in [-0.05, 0) is 24.6 Å². The lowest BCUT2D eigenvalue weighted by molar-refractivity contribution is 0.265. The number of aromatic hydroxyl groups is 2. The van der Waals surface area contributed by atoms with Crippen molar-refractivity contribution >= 4 is 5.96 Å². The van der Waals surface area contributed by atoms with Crippen LogP contribution in [0.25, 0.3) is 0 Å². The molecule has 1 aliphatic heterocycles. The highest BCUT2D eigenvalue weighted by Gasteiger charge is 2.37. The highest BCUT2D eigenvalue weighted by atomic mass is 16.3. The van der Waals surface area contributed by atoms with Crippen molar-refractivity contribution in [2.45, 2.75) is 12.5 Å². The topological polar surface area (TPSA) is 82.1 Å². The Balaban J connectivity index is 2.45. The summed E-state index contributed by atoms with van der Waals surface area (Å²) in [4.78, 5) is 6.00. The van der Waals surface area contributed by atoms with Crippen LogP contribution in [-0.4, -0.2) is 34.7 Å². The second-order valence-electron chi connectivity index (χ2n) is 4.25. The fourth-order valence-electron chi connectivity index (χ4n) is 1.89. The Bertz CT molecular complexity index is 438. The van der Waals surface area contributed by atoms with Crippen molar-refractivity contribution in [3.05, 3.63) is 23.8 Å². The summed E-state index contributed by atoms with van der Waals surface area (Å²) in [7, 11) is 1.84. The Morgan fingerprint density at radius 1 is 1.31 bits per heavy atom. The van der Waals surface area contributed by atoms with Crippen LogP contribution in [0.2, 0.25) is 0 Å². The van der Waals surface area contributed by atoms with Gasteiger partial charge >= 0.3 is 0 Å². The fourth-order valence-corrected chi connectivity index (χ4v) is 1.89. The van der Waals surface area contributed by atoms with Gasteiger partial charge < -0.3 is 20.8 Å². The van der Waals surface area contributed by atoms with Crippen LogP contribution in [0.1, 0.15) is 12.5 Å². The molecule has 1 atom stereocenters. The van der Waals surface area contributed by atoms with E-state index < -0.39 is 5.54 Å².